The van der Waals surface area contributed by atoms with Crippen molar-refractivity contribution in [2.75, 3.05) is 6.54 Å². The van der Waals surface area contributed by atoms with Gasteiger partial charge in [-0.3, -0.25) is 9.59 Å². The normalized spacial score (nSPS) is 10.6. The molecule has 1 amide bonds. The van der Waals surface area contributed by atoms with Crippen LogP contribution in [0.4, 0.5) is 0 Å². The first-order chi connectivity index (χ1) is 12.1. The molecule has 0 radical (unpaired) electrons. The Kier molecular flexibility index (Phi) is 11.4. The Morgan fingerprint density at radius 1 is 0.840 bits per heavy atom. The molecule has 0 spiro atoms. The number of carbonyl (C=O) groups is 2. The second-order valence-corrected chi connectivity index (χ2v) is 6.65. The summed E-state index contributed by atoms with van der Waals surface area (Å²) in [5.74, 6) is 0.427. The molecule has 2 N–H and O–H groups in total. The quantitative estimate of drug-likeness (QED) is 0.367. The number of benzene rings is 1. The molecule has 0 aliphatic heterocycles. The van der Waals surface area contributed by atoms with E-state index in [1.54, 1.807) is 12.1 Å². The monoisotopic (exact) mass is 347 g/mol. The van der Waals surface area contributed by atoms with Crippen LogP contribution in [0.5, 0.6) is 5.75 Å². The van der Waals surface area contributed by atoms with Gasteiger partial charge in [0, 0.05) is 24.9 Å². The molecular formula is C21H33NO3. The lowest BCUT2D eigenvalue weighted by Gasteiger charge is -2.05. The Hall–Kier alpha value is -1.84. The van der Waals surface area contributed by atoms with Gasteiger partial charge in [-0.15, -0.1) is 0 Å². The van der Waals surface area contributed by atoms with Gasteiger partial charge in [0.1, 0.15) is 5.75 Å². The molecule has 0 aliphatic rings. The Balaban J connectivity index is 1.96. The zero-order valence-electron chi connectivity index (χ0n) is 15.6. The van der Waals surface area contributed by atoms with Crippen molar-refractivity contribution >= 4 is 11.7 Å². The number of aromatic hydroxyl groups is 1. The van der Waals surface area contributed by atoms with E-state index in [0.717, 1.165) is 32.1 Å². The summed E-state index contributed by atoms with van der Waals surface area (Å²) in [6.07, 6.45) is 11.0. The van der Waals surface area contributed by atoms with Crippen LogP contribution in [-0.4, -0.2) is 23.3 Å². The molecule has 0 aliphatic carbocycles. The molecule has 1 aromatic rings. The molecule has 1 aromatic carbocycles. The Bertz CT molecular complexity index is 496. The molecule has 0 bridgehead atoms. The lowest BCUT2D eigenvalue weighted by atomic mass is 10.0. The molecule has 4 heteroatoms. The predicted octanol–water partition coefficient (Wildman–Crippen LogP) is 5.00. The van der Waals surface area contributed by atoms with E-state index >= 15 is 0 Å². The van der Waals surface area contributed by atoms with Gasteiger partial charge in [0.15, 0.2) is 5.78 Å². The van der Waals surface area contributed by atoms with Crippen molar-refractivity contribution in [3.8, 4) is 5.75 Å². The van der Waals surface area contributed by atoms with Gasteiger partial charge in [-0.05, 0) is 43.5 Å². The molecule has 0 heterocycles. The largest absolute Gasteiger partial charge is 0.508 e. The lowest BCUT2D eigenvalue weighted by Crippen LogP contribution is -2.23. The molecule has 0 fully saturated rings. The molecule has 1 rings (SSSR count). The third-order valence-electron chi connectivity index (χ3n) is 4.35. The van der Waals surface area contributed by atoms with E-state index < -0.39 is 0 Å². The van der Waals surface area contributed by atoms with Crippen molar-refractivity contribution < 1.29 is 14.7 Å². The highest BCUT2D eigenvalue weighted by molar-refractivity contribution is 5.96. The SMILES string of the molecule is CCCCCCCCC(=O)NCCCCCC(=O)c1ccc(O)cc1. The Morgan fingerprint density at radius 3 is 2.16 bits per heavy atom. The summed E-state index contributed by atoms with van der Waals surface area (Å²) in [4.78, 5) is 23.7. The number of amides is 1. The summed E-state index contributed by atoms with van der Waals surface area (Å²) >= 11 is 0. The van der Waals surface area contributed by atoms with E-state index in [0.29, 0.717) is 24.9 Å². The van der Waals surface area contributed by atoms with Gasteiger partial charge in [-0.1, -0.05) is 45.4 Å². The van der Waals surface area contributed by atoms with Crippen LogP contribution in [0, 0.1) is 0 Å². The number of hydrogen-bond donors (Lipinski definition) is 2. The number of phenols is 1. The van der Waals surface area contributed by atoms with Gasteiger partial charge < -0.3 is 10.4 Å². The van der Waals surface area contributed by atoms with Crippen LogP contribution in [0.3, 0.4) is 0 Å². The minimum atomic E-state index is 0.104. The highest BCUT2D eigenvalue weighted by Gasteiger charge is 2.05. The fourth-order valence-corrected chi connectivity index (χ4v) is 2.76. The van der Waals surface area contributed by atoms with Crippen molar-refractivity contribution in [3.63, 3.8) is 0 Å². The topological polar surface area (TPSA) is 66.4 Å². The lowest BCUT2D eigenvalue weighted by molar-refractivity contribution is -0.121. The van der Waals surface area contributed by atoms with Crippen LogP contribution < -0.4 is 5.32 Å². The van der Waals surface area contributed by atoms with Crippen LogP contribution >= 0.6 is 0 Å². The number of Topliss-reactive ketones (excluding diaryl/α,β-unsaturated/α-hetero) is 1. The van der Waals surface area contributed by atoms with E-state index in [2.05, 4.69) is 12.2 Å². The Morgan fingerprint density at radius 2 is 1.44 bits per heavy atom. The van der Waals surface area contributed by atoms with Crippen molar-refractivity contribution in [2.24, 2.45) is 0 Å². The van der Waals surface area contributed by atoms with E-state index in [1.165, 1.54) is 37.8 Å². The predicted molar refractivity (Wildman–Crippen MR) is 102 cm³/mol. The molecule has 0 atom stereocenters. The Labute approximate surface area is 152 Å². The zero-order chi connectivity index (χ0) is 18.3. The van der Waals surface area contributed by atoms with Gasteiger partial charge >= 0.3 is 0 Å². The molecule has 4 nitrogen and oxygen atoms in total. The molecular weight excluding hydrogens is 314 g/mol. The highest BCUT2D eigenvalue weighted by Crippen LogP contribution is 2.13. The van der Waals surface area contributed by atoms with Gasteiger partial charge in [-0.2, -0.15) is 0 Å². The first-order valence-corrected chi connectivity index (χ1v) is 9.72. The fourth-order valence-electron chi connectivity index (χ4n) is 2.76. The third kappa shape index (κ3) is 10.6. The van der Waals surface area contributed by atoms with Crippen molar-refractivity contribution in [1.82, 2.24) is 5.32 Å². The minimum Gasteiger partial charge on any atom is -0.508 e. The number of unbranched alkanes of at least 4 members (excludes halogenated alkanes) is 7. The third-order valence-corrected chi connectivity index (χ3v) is 4.35. The van der Waals surface area contributed by atoms with Gasteiger partial charge in [-0.25, -0.2) is 0 Å². The maximum atomic E-state index is 12.0. The van der Waals surface area contributed by atoms with Gasteiger partial charge in [0.25, 0.3) is 0 Å². The number of rotatable bonds is 14. The first-order valence-electron chi connectivity index (χ1n) is 9.72. The standard InChI is InChI=1S/C21H33NO3/c1-2-3-4-5-6-9-12-21(25)22-17-10-7-8-11-20(24)18-13-15-19(23)16-14-18/h13-16,23H,2-12,17H2,1H3,(H,22,25). The first kappa shape index (κ1) is 21.2. The summed E-state index contributed by atoms with van der Waals surface area (Å²) in [6.45, 7) is 2.90. The average Bonchev–Trinajstić information content (AvgIpc) is 2.61. The van der Waals surface area contributed by atoms with Crippen molar-refractivity contribution in [2.45, 2.75) is 77.6 Å². The van der Waals surface area contributed by atoms with Crippen LogP contribution in [0.2, 0.25) is 0 Å². The number of phenolic OH excluding ortho intramolecular Hbond substituents is 1. The smallest absolute Gasteiger partial charge is 0.219 e. The molecule has 0 unspecified atom stereocenters. The van der Waals surface area contributed by atoms with E-state index in [1.807, 2.05) is 0 Å². The van der Waals surface area contributed by atoms with Crippen molar-refractivity contribution in [1.29, 1.82) is 0 Å². The summed E-state index contributed by atoms with van der Waals surface area (Å²) in [5.41, 5.74) is 0.644. The fraction of sp³-hybridized carbons (Fsp3) is 0.619. The average molecular weight is 347 g/mol. The summed E-state index contributed by atoms with van der Waals surface area (Å²) in [6, 6.07) is 6.37. The van der Waals surface area contributed by atoms with Crippen LogP contribution in [-0.2, 0) is 4.79 Å². The molecule has 140 valence electrons. The minimum absolute atomic E-state index is 0.104. The van der Waals surface area contributed by atoms with E-state index in [9.17, 15) is 14.7 Å². The van der Waals surface area contributed by atoms with Crippen molar-refractivity contribution in [3.05, 3.63) is 29.8 Å². The highest BCUT2D eigenvalue weighted by atomic mass is 16.3. The van der Waals surface area contributed by atoms with Crippen LogP contribution in [0.25, 0.3) is 0 Å². The zero-order valence-corrected chi connectivity index (χ0v) is 15.6. The second kappa shape index (κ2) is 13.5. The molecule has 0 saturated carbocycles. The maximum Gasteiger partial charge on any atom is 0.219 e. The molecule has 0 aromatic heterocycles. The summed E-state index contributed by atoms with van der Waals surface area (Å²) < 4.78 is 0. The van der Waals surface area contributed by atoms with E-state index in [-0.39, 0.29) is 17.4 Å². The van der Waals surface area contributed by atoms with Gasteiger partial charge in [0.2, 0.25) is 5.91 Å². The summed E-state index contributed by atoms with van der Waals surface area (Å²) in [5, 5.41) is 12.2. The molecule has 0 saturated heterocycles. The van der Waals surface area contributed by atoms with Gasteiger partial charge in [0.05, 0.1) is 0 Å². The number of ketones is 1. The molecule has 25 heavy (non-hydrogen) atoms. The van der Waals surface area contributed by atoms with Crippen LogP contribution in [0.1, 0.15) is 87.9 Å². The van der Waals surface area contributed by atoms with Crippen LogP contribution in [0.15, 0.2) is 24.3 Å². The summed E-state index contributed by atoms with van der Waals surface area (Å²) in [7, 11) is 0. The second-order valence-electron chi connectivity index (χ2n) is 6.65. The number of nitrogens with one attached hydrogen (secondary N) is 1. The maximum absolute atomic E-state index is 12.0. The number of hydrogen-bond acceptors (Lipinski definition) is 3. The number of carbonyl (C=O) groups excluding carboxylic acids is 2. The van der Waals surface area contributed by atoms with E-state index in [4.69, 9.17) is 0 Å².